The number of aryl methyl sites for hydroxylation is 1. The SMILES string of the molecule is COc1cncc(-c2cn(-c3cc(C(=O)Nc4cc(C(F)(F)F)cc(CNC(C)(C)C)c4OC)ccc3C)nn2)c1. The van der Waals surface area contributed by atoms with E-state index in [0.29, 0.717) is 22.7 Å². The van der Waals surface area contributed by atoms with Gasteiger partial charge in [0.05, 0.1) is 43.6 Å². The fourth-order valence-corrected chi connectivity index (χ4v) is 4.05. The molecule has 0 atom stereocenters. The molecule has 0 aliphatic heterocycles. The van der Waals surface area contributed by atoms with Gasteiger partial charge in [-0.3, -0.25) is 9.78 Å². The minimum atomic E-state index is -4.62. The molecule has 0 fully saturated rings. The Morgan fingerprint density at radius 2 is 1.78 bits per heavy atom. The predicted molar refractivity (Wildman–Crippen MR) is 148 cm³/mol. The number of nitrogens with zero attached hydrogens (tertiary/aromatic N) is 4. The summed E-state index contributed by atoms with van der Waals surface area (Å²) in [6.07, 6.45) is 0.262. The maximum absolute atomic E-state index is 13.8. The highest BCUT2D eigenvalue weighted by Crippen LogP contribution is 2.38. The average Bonchev–Trinajstić information content (AvgIpc) is 3.41. The number of halogens is 3. The number of alkyl halides is 3. The van der Waals surface area contributed by atoms with Crippen molar-refractivity contribution in [1.29, 1.82) is 0 Å². The molecule has 216 valence electrons. The Morgan fingerprint density at radius 3 is 2.44 bits per heavy atom. The predicted octanol–water partition coefficient (Wildman–Crippen LogP) is 5.81. The van der Waals surface area contributed by atoms with E-state index in [1.54, 1.807) is 42.9 Å². The van der Waals surface area contributed by atoms with Gasteiger partial charge in [0.2, 0.25) is 0 Å². The minimum absolute atomic E-state index is 0.0891. The van der Waals surface area contributed by atoms with Crippen molar-refractivity contribution in [2.75, 3.05) is 19.5 Å². The molecule has 0 spiro atoms. The second-order valence-corrected chi connectivity index (χ2v) is 10.4. The molecule has 0 bridgehead atoms. The summed E-state index contributed by atoms with van der Waals surface area (Å²) in [6, 6.07) is 8.57. The van der Waals surface area contributed by atoms with Crippen LogP contribution < -0.4 is 20.1 Å². The molecule has 0 radical (unpaired) electrons. The van der Waals surface area contributed by atoms with Crippen molar-refractivity contribution in [3.8, 4) is 28.4 Å². The first-order valence-corrected chi connectivity index (χ1v) is 12.7. The fraction of sp³-hybridized carbons (Fsp3) is 0.310. The number of benzene rings is 2. The molecule has 2 aromatic heterocycles. The third kappa shape index (κ3) is 7.01. The summed E-state index contributed by atoms with van der Waals surface area (Å²) in [5, 5.41) is 14.2. The number of anilines is 1. The van der Waals surface area contributed by atoms with Gasteiger partial charge in [-0.15, -0.1) is 5.10 Å². The van der Waals surface area contributed by atoms with Crippen molar-refractivity contribution in [2.45, 2.75) is 46.0 Å². The molecular formula is C29H31F3N6O3. The summed E-state index contributed by atoms with van der Waals surface area (Å²) in [5.41, 5.74) is 1.72. The van der Waals surface area contributed by atoms with E-state index < -0.39 is 17.6 Å². The van der Waals surface area contributed by atoms with Gasteiger partial charge in [0, 0.05) is 35.0 Å². The maximum atomic E-state index is 13.8. The van der Waals surface area contributed by atoms with E-state index in [2.05, 4.69) is 25.9 Å². The van der Waals surface area contributed by atoms with E-state index >= 15 is 0 Å². The number of aromatic nitrogens is 4. The monoisotopic (exact) mass is 568 g/mol. The second-order valence-electron chi connectivity index (χ2n) is 10.4. The molecule has 0 unspecified atom stereocenters. The van der Waals surface area contributed by atoms with Crippen LogP contribution >= 0.6 is 0 Å². The van der Waals surface area contributed by atoms with Crippen LogP contribution in [0.1, 0.15) is 47.8 Å². The van der Waals surface area contributed by atoms with Crippen LogP contribution in [0.5, 0.6) is 11.5 Å². The molecule has 1 amide bonds. The summed E-state index contributed by atoms with van der Waals surface area (Å²) >= 11 is 0. The molecule has 0 saturated carbocycles. The van der Waals surface area contributed by atoms with Gasteiger partial charge in [0.25, 0.3) is 5.91 Å². The van der Waals surface area contributed by atoms with Crippen LogP contribution in [0.15, 0.2) is 55.0 Å². The van der Waals surface area contributed by atoms with Crippen molar-refractivity contribution >= 4 is 11.6 Å². The zero-order valence-electron chi connectivity index (χ0n) is 23.6. The lowest BCUT2D eigenvalue weighted by molar-refractivity contribution is -0.137. The molecule has 0 aliphatic rings. The Labute approximate surface area is 235 Å². The Hall–Kier alpha value is -4.45. The molecule has 2 N–H and O–H groups in total. The fourth-order valence-electron chi connectivity index (χ4n) is 4.05. The topological polar surface area (TPSA) is 103 Å². The van der Waals surface area contributed by atoms with Gasteiger partial charge in [-0.1, -0.05) is 11.3 Å². The van der Waals surface area contributed by atoms with Gasteiger partial charge in [-0.25, -0.2) is 4.68 Å². The number of carbonyl (C=O) groups excluding carboxylic acids is 1. The summed E-state index contributed by atoms with van der Waals surface area (Å²) in [5.74, 6) is 0.0912. The highest BCUT2D eigenvalue weighted by molar-refractivity contribution is 6.05. The number of hydrogen-bond acceptors (Lipinski definition) is 7. The Morgan fingerprint density at radius 1 is 1.02 bits per heavy atom. The molecule has 41 heavy (non-hydrogen) atoms. The molecule has 0 saturated heterocycles. The number of rotatable bonds is 8. The lowest BCUT2D eigenvalue weighted by atomic mass is 10.0. The second kappa shape index (κ2) is 11.6. The van der Waals surface area contributed by atoms with Crippen molar-refractivity contribution < 1.29 is 27.4 Å². The number of amides is 1. The van der Waals surface area contributed by atoms with E-state index in [4.69, 9.17) is 9.47 Å². The number of carbonyl (C=O) groups is 1. The van der Waals surface area contributed by atoms with Crippen LogP contribution in [0.2, 0.25) is 0 Å². The minimum Gasteiger partial charge on any atom is -0.495 e. The third-order valence-corrected chi connectivity index (χ3v) is 6.21. The molecule has 2 aromatic carbocycles. The molecular weight excluding hydrogens is 537 g/mol. The van der Waals surface area contributed by atoms with Gasteiger partial charge >= 0.3 is 6.18 Å². The first-order chi connectivity index (χ1) is 19.3. The van der Waals surface area contributed by atoms with E-state index in [1.807, 2.05) is 27.7 Å². The van der Waals surface area contributed by atoms with Crippen LogP contribution in [0.3, 0.4) is 0 Å². The number of pyridine rings is 1. The summed E-state index contributed by atoms with van der Waals surface area (Å²) in [4.78, 5) is 17.5. The Kier molecular flexibility index (Phi) is 8.34. The van der Waals surface area contributed by atoms with Crippen molar-refractivity contribution in [1.82, 2.24) is 25.3 Å². The Bertz CT molecular complexity index is 1560. The molecule has 2 heterocycles. The van der Waals surface area contributed by atoms with E-state index in [-0.39, 0.29) is 34.6 Å². The van der Waals surface area contributed by atoms with Gasteiger partial charge in [0.1, 0.15) is 17.2 Å². The van der Waals surface area contributed by atoms with Crippen LogP contribution in [0.4, 0.5) is 18.9 Å². The van der Waals surface area contributed by atoms with Gasteiger partial charge in [0.15, 0.2) is 0 Å². The number of nitrogens with one attached hydrogen (secondary N) is 2. The number of ether oxygens (including phenoxy) is 2. The van der Waals surface area contributed by atoms with Crippen molar-refractivity contribution in [3.63, 3.8) is 0 Å². The van der Waals surface area contributed by atoms with Crippen LogP contribution in [0.25, 0.3) is 16.9 Å². The van der Waals surface area contributed by atoms with Crippen LogP contribution in [-0.2, 0) is 12.7 Å². The molecule has 12 heteroatoms. The lowest BCUT2D eigenvalue weighted by Gasteiger charge is -2.23. The van der Waals surface area contributed by atoms with E-state index in [9.17, 15) is 18.0 Å². The van der Waals surface area contributed by atoms with Crippen LogP contribution in [0, 0.1) is 6.92 Å². The van der Waals surface area contributed by atoms with Gasteiger partial charge in [-0.05, 0) is 63.6 Å². The molecule has 0 aliphatic carbocycles. The maximum Gasteiger partial charge on any atom is 0.416 e. The van der Waals surface area contributed by atoms with E-state index in [1.165, 1.54) is 18.9 Å². The highest BCUT2D eigenvalue weighted by atomic mass is 19.4. The van der Waals surface area contributed by atoms with Crippen molar-refractivity contribution in [2.24, 2.45) is 0 Å². The largest absolute Gasteiger partial charge is 0.495 e. The number of methoxy groups -OCH3 is 2. The zero-order valence-corrected chi connectivity index (χ0v) is 23.6. The van der Waals surface area contributed by atoms with Crippen LogP contribution in [-0.4, -0.2) is 45.6 Å². The standard InChI is InChI=1S/C29H31F3N6O3/c1-17-7-8-18(11-25(17)38-16-24(36-37-38)19-10-22(40-5)15-33-13-19)27(39)35-23-12-21(29(30,31)32)9-20(26(23)41-6)14-34-28(2,3)4/h7-13,15-16,34H,14H2,1-6H3,(H,35,39). The molecule has 4 rings (SSSR count). The average molecular weight is 569 g/mol. The molecule has 9 nitrogen and oxygen atoms in total. The summed E-state index contributed by atoms with van der Waals surface area (Å²) in [7, 11) is 2.89. The highest BCUT2D eigenvalue weighted by Gasteiger charge is 2.33. The first-order valence-electron chi connectivity index (χ1n) is 12.7. The normalized spacial score (nSPS) is 11.8. The van der Waals surface area contributed by atoms with Gasteiger partial charge < -0.3 is 20.1 Å². The zero-order chi connectivity index (χ0) is 29.9. The van der Waals surface area contributed by atoms with E-state index in [0.717, 1.165) is 17.7 Å². The van der Waals surface area contributed by atoms with Gasteiger partial charge in [-0.2, -0.15) is 13.2 Å². The molecule has 4 aromatic rings. The summed E-state index contributed by atoms with van der Waals surface area (Å²) < 4.78 is 53.5. The Balaban J connectivity index is 1.67. The third-order valence-electron chi connectivity index (χ3n) is 6.21. The lowest BCUT2D eigenvalue weighted by Crippen LogP contribution is -2.35. The van der Waals surface area contributed by atoms with Crippen molar-refractivity contribution in [3.05, 3.63) is 77.2 Å². The quantitative estimate of drug-likeness (QED) is 0.276. The smallest absolute Gasteiger partial charge is 0.416 e. The summed E-state index contributed by atoms with van der Waals surface area (Å²) in [6.45, 7) is 7.64. The number of hydrogen-bond donors (Lipinski definition) is 2. The first kappa shape index (κ1) is 29.5.